The van der Waals surface area contributed by atoms with E-state index in [1.54, 1.807) is 6.07 Å². The number of hydrogen-bond acceptors (Lipinski definition) is 3. The maximum atomic E-state index is 12.6. The van der Waals surface area contributed by atoms with Gasteiger partial charge in [0, 0.05) is 18.8 Å². The van der Waals surface area contributed by atoms with Crippen LogP contribution in [-0.4, -0.2) is 33.5 Å². The zero-order valence-electron chi connectivity index (χ0n) is 12.3. The fraction of sp³-hybridized carbons (Fsp3) is 0.600. The van der Waals surface area contributed by atoms with E-state index >= 15 is 0 Å². The van der Waals surface area contributed by atoms with Crippen LogP contribution in [0.4, 0.5) is 0 Å². The Hall–Kier alpha value is -1.58. The fourth-order valence-electron chi connectivity index (χ4n) is 2.22. The first kappa shape index (κ1) is 15.5. The number of rotatable bonds is 6. The lowest BCUT2D eigenvalue weighted by atomic mass is 10.1. The molecule has 0 aliphatic rings. The molecule has 1 aromatic heterocycles. The van der Waals surface area contributed by atoms with Crippen LogP contribution in [0.2, 0.25) is 0 Å². The summed E-state index contributed by atoms with van der Waals surface area (Å²) in [4.78, 5) is 18.4. The highest BCUT2D eigenvalue weighted by molar-refractivity contribution is 5.95. The van der Waals surface area contributed by atoms with E-state index in [0.717, 1.165) is 12.8 Å². The van der Waals surface area contributed by atoms with Crippen molar-refractivity contribution in [2.45, 2.75) is 46.6 Å². The molecule has 0 spiro atoms. The van der Waals surface area contributed by atoms with E-state index < -0.39 is 0 Å². The summed E-state index contributed by atoms with van der Waals surface area (Å²) in [5, 5.41) is 9.78. The highest BCUT2D eigenvalue weighted by Gasteiger charge is 2.25. The second-order valence-electron chi connectivity index (χ2n) is 5.19. The molecule has 0 aliphatic heterocycles. The van der Waals surface area contributed by atoms with Gasteiger partial charge in [-0.05, 0) is 30.9 Å². The van der Waals surface area contributed by atoms with E-state index in [0.29, 0.717) is 12.5 Å². The van der Waals surface area contributed by atoms with Gasteiger partial charge in [0.2, 0.25) is 0 Å². The molecule has 1 N–H and O–H groups in total. The predicted octanol–water partition coefficient (Wildman–Crippen LogP) is 3.07. The fourth-order valence-corrected chi connectivity index (χ4v) is 2.22. The first-order valence-electron chi connectivity index (χ1n) is 6.96. The summed E-state index contributed by atoms with van der Waals surface area (Å²) in [5.41, 5.74) is 0.148. The summed E-state index contributed by atoms with van der Waals surface area (Å²) >= 11 is 0. The van der Waals surface area contributed by atoms with Crippen LogP contribution in [-0.2, 0) is 0 Å². The minimum Gasteiger partial charge on any atom is -0.505 e. The van der Waals surface area contributed by atoms with E-state index in [4.69, 9.17) is 0 Å². The van der Waals surface area contributed by atoms with E-state index in [2.05, 4.69) is 32.7 Å². The van der Waals surface area contributed by atoms with Crippen molar-refractivity contribution < 1.29 is 9.90 Å². The summed E-state index contributed by atoms with van der Waals surface area (Å²) in [7, 11) is 0. The molecule has 0 aliphatic carbocycles. The normalized spacial score (nSPS) is 11.1. The van der Waals surface area contributed by atoms with E-state index in [1.807, 2.05) is 4.90 Å². The molecule has 0 aromatic carbocycles. The zero-order chi connectivity index (χ0) is 14.4. The number of carbonyl (C=O) groups excluding carboxylic acids is 1. The van der Waals surface area contributed by atoms with Crippen LogP contribution in [0, 0.1) is 5.92 Å². The first-order chi connectivity index (χ1) is 9.01. The van der Waals surface area contributed by atoms with Crippen molar-refractivity contribution in [3.63, 3.8) is 0 Å². The molecule has 1 heterocycles. The van der Waals surface area contributed by atoms with Gasteiger partial charge in [0.1, 0.15) is 5.75 Å². The van der Waals surface area contributed by atoms with Crippen molar-refractivity contribution in [1.29, 1.82) is 0 Å². The summed E-state index contributed by atoms with van der Waals surface area (Å²) < 4.78 is 0. The van der Waals surface area contributed by atoms with Crippen LogP contribution in [0.5, 0.6) is 5.75 Å². The van der Waals surface area contributed by atoms with Gasteiger partial charge in [-0.25, -0.2) is 4.98 Å². The highest BCUT2D eigenvalue weighted by Crippen LogP contribution is 2.20. The molecule has 1 amide bonds. The molecule has 0 unspecified atom stereocenters. The number of pyridine rings is 1. The summed E-state index contributed by atoms with van der Waals surface area (Å²) in [6, 6.07) is 3.31. The Labute approximate surface area is 115 Å². The van der Waals surface area contributed by atoms with Gasteiger partial charge in [-0.2, -0.15) is 0 Å². The molecule has 4 nitrogen and oxygen atoms in total. The van der Waals surface area contributed by atoms with Crippen molar-refractivity contribution in [2.75, 3.05) is 6.54 Å². The van der Waals surface area contributed by atoms with Gasteiger partial charge >= 0.3 is 0 Å². The molecule has 1 aromatic rings. The standard InChI is InChI=1S/C15H24N2O2/c1-5-12(6-2)17(10-11(3)4)15(19)14-13(18)8-7-9-16-14/h7-9,11-12,18H,5-6,10H2,1-4H3. The SMILES string of the molecule is CCC(CC)N(CC(C)C)C(=O)c1ncccc1O. The molecule has 0 fully saturated rings. The van der Waals surface area contributed by atoms with Crippen LogP contribution in [0.15, 0.2) is 18.3 Å². The average molecular weight is 264 g/mol. The predicted molar refractivity (Wildman–Crippen MR) is 76.1 cm³/mol. The summed E-state index contributed by atoms with van der Waals surface area (Å²) in [6.45, 7) is 9.00. The molecule has 106 valence electrons. The van der Waals surface area contributed by atoms with Crippen LogP contribution in [0.3, 0.4) is 0 Å². The Bertz CT molecular complexity index is 414. The van der Waals surface area contributed by atoms with Gasteiger partial charge in [0.25, 0.3) is 5.91 Å². The molecule has 0 bridgehead atoms. The third kappa shape index (κ3) is 3.94. The van der Waals surface area contributed by atoms with E-state index in [1.165, 1.54) is 12.3 Å². The molecule has 0 radical (unpaired) electrons. The van der Waals surface area contributed by atoms with Crippen molar-refractivity contribution in [1.82, 2.24) is 9.88 Å². The number of hydrogen-bond donors (Lipinski definition) is 1. The maximum absolute atomic E-state index is 12.6. The Morgan fingerprint density at radius 3 is 2.47 bits per heavy atom. The minimum absolute atomic E-state index is 0.0489. The van der Waals surface area contributed by atoms with Gasteiger partial charge in [0.15, 0.2) is 5.69 Å². The minimum atomic E-state index is -0.180. The molecule has 0 saturated heterocycles. The molecule has 0 atom stereocenters. The van der Waals surface area contributed by atoms with Crippen molar-refractivity contribution >= 4 is 5.91 Å². The van der Waals surface area contributed by atoms with Crippen LogP contribution >= 0.6 is 0 Å². The molecular weight excluding hydrogens is 240 g/mol. The summed E-state index contributed by atoms with van der Waals surface area (Å²) in [5.74, 6) is 0.156. The Morgan fingerprint density at radius 1 is 1.37 bits per heavy atom. The third-order valence-corrected chi connectivity index (χ3v) is 3.19. The molecule has 1 rings (SSSR count). The molecule has 0 saturated carbocycles. The quantitative estimate of drug-likeness (QED) is 0.859. The maximum Gasteiger partial charge on any atom is 0.276 e. The number of nitrogens with zero attached hydrogens (tertiary/aromatic N) is 2. The number of carbonyl (C=O) groups is 1. The number of aromatic nitrogens is 1. The van der Waals surface area contributed by atoms with Crippen LogP contribution in [0.25, 0.3) is 0 Å². The van der Waals surface area contributed by atoms with Gasteiger partial charge in [-0.1, -0.05) is 27.7 Å². The third-order valence-electron chi connectivity index (χ3n) is 3.19. The Balaban J connectivity index is 3.03. The average Bonchev–Trinajstić information content (AvgIpc) is 2.38. The van der Waals surface area contributed by atoms with Crippen molar-refractivity contribution in [3.05, 3.63) is 24.0 Å². The topological polar surface area (TPSA) is 53.4 Å². The largest absolute Gasteiger partial charge is 0.505 e. The van der Waals surface area contributed by atoms with Gasteiger partial charge in [0.05, 0.1) is 0 Å². The van der Waals surface area contributed by atoms with Crippen LogP contribution < -0.4 is 0 Å². The zero-order valence-corrected chi connectivity index (χ0v) is 12.3. The van der Waals surface area contributed by atoms with Crippen LogP contribution in [0.1, 0.15) is 51.0 Å². The lowest BCUT2D eigenvalue weighted by Gasteiger charge is -2.32. The van der Waals surface area contributed by atoms with Crippen molar-refractivity contribution in [3.8, 4) is 5.75 Å². The monoisotopic (exact) mass is 264 g/mol. The van der Waals surface area contributed by atoms with E-state index in [9.17, 15) is 9.90 Å². The number of amides is 1. The second kappa shape index (κ2) is 7.12. The lowest BCUT2D eigenvalue weighted by molar-refractivity contribution is 0.0631. The van der Waals surface area contributed by atoms with Crippen molar-refractivity contribution in [2.24, 2.45) is 5.92 Å². The molecular formula is C15H24N2O2. The highest BCUT2D eigenvalue weighted by atomic mass is 16.3. The first-order valence-corrected chi connectivity index (χ1v) is 6.96. The van der Waals surface area contributed by atoms with Gasteiger partial charge in [-0.15, -0.1) is 0 Å². The number of aromatic hydroxyl groups is 1. The van der Waals surface area contributed by atoms with Gasteiger partial charge in [-0.3, -0.25) is 4.79 Å². The molecule has 4 heteroatoms. The Kier molecular flexibility index (Phi) is 5.80. The lowest BCUT2D eigenvalue weighted by Crippen LogP contribution is -2.42. The smallest absolute Gasteiger partial charge is 0.276 e. The second-order valence-corrected chi connectivity index (χ2v) is 5.19. The molecule has 19 heavy (non-hydrogen) atoms. The summed E-state index contributed by atoms with van der Waals surface area (Å²) in [6.07, 6.45) is 3.35. The van der Waals surface area contributed by atoms with Gasteiger partial charge < -0.3 is 10.0 Å². The Morgan fingerprint density at radius 2 is 2.00 bits per heavy atom. The van der Waals surface area contributed by atoms with E-state index in [-0.39, 0.29) is 23.4 Å².